The van der Waals surface area contributed by atoms with E-state index in [9.17, 15) is 9.90 Å². The molecule has 0 radical (unpaired) electrons. The highest BCUT2D eigenvalue weighted by Gasteiger charge is 2.16. The molecule has 0 saturated carbocycles. The summed E-state index contributed by atoms with van der Waals surface area (Å²) in [6.45, 7) is 0. The number of rotatable bonds is 2. The minimum Gasteiger partial charge on any atom is -0.505 e. The van der Waals surface area contributed by atoms with Crippen LogP contribution in [0.25, 0.3) is 0 Å². The van der Waals surface area contributed by atoms with Crippen molar-refractivity contribution in [3.8, 4) is 5.75 Å². The van der Waals surface area contributed by atoms with Crippen LogP contribution in [-0.2, 0) is 0 Å². The summed E-state index contributed by atoms with van der Waals surface area (Å²) in [4.78, 5) is 15.5. The molecule has 4 heteroatoms. The summed E-state index contributed by atoms with van der Waals surface area (Å²) < 4.78 is 0. The number of amides is 1. The van der Waals surface area contributed by atoms with Crippen molar-refractivity contribution in [2.45, 2.75) is 25.3 Å². The van der Waals surface area contributed by atoms with Gasteiger partial charge >= 0.3 is 0 Å². The summed E-state index contributed by atoms with van der Waals surface area (Å²) in [6, 6.07) is 1.69. The normalized spacial score (nSPS) is 19.4. The average Bonchev–Trinajstić information content (AvgIpc) is 2.31. The number of hydrogen-bond acceptors (Lipinski definition) is 3. The lowest BCUT2D eigenvalue weighted by atomic mass is 10.0. The molecule has 2 N–H and O–H groups in total. The summed E-state index contributed by atoms with van der Waals surface area (Å²) in [6.07, 6.45) is 9.76. The topological polar surface area (TPSA) is 62.2 Å². The molecule has 1 aromatic heterocycles. The van der Waals surface area contributed by atoms with E-state index in [1.54, 1.807) is 0 Å². The highest BCUT2D eigenvalue weighted by atomic mass is 16.3. The van der Waals surface area contributed by atoms with Crippen molar-refractivity contribution in [3.05, 3.63) is 36.2 Å². The van der Waals surface area contributed by atoms with Gasteiger partial charge in [0.15, 0.2) is 0 Å². The number of hydrogen-bond donors (Lipinski definition) is 2. The standard InChI is InChI=1S/C12H14N2O2/c15-11-8-13-7-6-10(11)12(16)14-9-4-2-1-3-5-9/h1-2,6-9,15H,3-5H2,(H,14,16). The lowest BCUT2D eigenvalue weighted by Gasteiger charge is -2.19. The maximum atomic E-state index is 11.8. The molecule has 1 amide bonds. The van der Waals surface area contributed by atoms with Gasteiger partial charge in [-0.05, 0) is 25.3 Å². The van der Waals surface area contributed by atoms with E-state index < -0.39 is 0 Å². The smallest absolute Gasteiger partial charge is 0.255 e. The van der Waals surface area contributed by atoms with Gasteiger partial charge in [0.25, 0.3) is 5.91 Å². The average molecular weight is 218 g/mol. The Bertz CT molecular complexity index is 415. The molecule has 0 aliphatic heterocycles. The zero-order valence-electron chi connectivity index (χ0n) is 8.89. The van der Waals surface area contributed by atoms with E-state index in [1.165, 1.54) is 18.5 Å². The largest absolute Gasteiger partial charge is 0.505 e. The minimum atomic E-state index is -0.236. The van der Waals surface area contributed by atoms with Crippen molar-refractivity contribution in [3.63, 3.8) is 0 Å². The molecule has 84 valence electrons. The fraction of sp³-hybridized carbons (Fsp3) is 0.333. The number of pyridine rings is 1. The maximum absolute atomic E-state index is 11.8. The van der Waals surface area contributed by atoms with Gasteiger partial charge in [-0.15, -0.1) is 0 Å². The predicted octanol–water partition coefficient (Wildman–Crippen LogP) is 1.63. The zero-order valence-corrected chi connectivity index (χ0v) is 8.89. The van der Waals surface area contributed by atoms with Crippen molar-refractivity contribution in [2.75, 3.05) is 0 Å². The molecular formula is C12H14N2O2. The highest BCUT2D eigenvalue weighted by molar-refractivity contribution is 5.96. The number of nitrogens with one attached hydrogen (secondary N) is 1. The molecule has 0 saturated heterocycles. The molecular weight excluding hydrogens is 204 g/mol. The molecule has 1 unspecified atom stereocenters. The van der Waals surface area contributed by atoms with E-state index in [2.05, 4.69) is 22.5 Å². The molecule has 1 aliphatic rings. The van der Waals surface area contributed by atoms with Crippen molar-refractivity contribution in [2.24, 2.45) is 0 Å². The van der Waals surface area contributed by atoms with Crippen LogP contribution in [0.2, 0.25) is 0 Å². The Hall–Kier alpha value is -1.84. The van der Waals surface area contributed by atoms with Crippen molar-refractivity contribution >= 4 is 5.91 Å². The van der Waals surface area contributed by atoms with E-state index >= 15 is 0 Å². The highest BCUT2D eigenvalue weighted by Crippen LogP contribution is 2.16. The first-order chi connectivity index (χ1) is 7.77. The van der Waals surface area contributed by atoms with Gasteiger partial charge in [0.05, 0.1) is 11.8 Å². The monoisotopic (exact) mass is 218 g/mol. The summed E-state index contributed by atoms with van der Waals surface area (Å²) in [5.74, 6) is -0.313. The molecule has 2 rings (SSSR count). The van der Waals surface area contributed by atoms with Crippen LogP contribution in [0, 0.1) is 0 Å². The first-order valence-electron chi connectivity index (χ1n) is 5.36. The van der Waals surface area contributed by atoms with Crippen LogP contribution in [-0.4, -0.2) is 22.0 Å². The van der Waals surface area contributed by atoms with Crippen molar-refractivity contribution < 1.29 is 9.90 Å². The summed E-state index contributed by atoms with van der Waals surface area (Å²) >= 11 is 0. The fourth-order valence-corrected chi connectivity index (χ4v) is 1.77. The summed E-state index contributed by atoms with van der Waals surface area (Å²) in [5, 5.41) is 12.4. The van der Waals surface area contributed by atoms with Gasteiger partial charge in [-0.1, -0.05) is 12.2 Å². The predicted molar refractivity (Wildman–Crippen MR) is 60.1 cm³/mol. The number of aromatic nitrogens is 1. The third kappa shape index (κ3) is 2.39. The van der Waals surface area contributed by atoms with Gasteiger partial charge in [0.1, 0.15) is 5.75 Å². The first kappa shape index (κ1) is 10.7. The Kier molecular flexibility index (Phi) is 3.19. The van der Waals surface area contributed by atoms with Crippen molar-refractivity contribution in [1.82, 2.24) is 10.3 Å². The SMILES string of the molecule is O=C(NC1CC=CCC1)c1ccncc1O. The molecule has 0 fully saturated rings. The Morgan fingerprint density at radius 3 is 3.06 bits per heavy atom. The van der Waals surface area contributed by atoms with E-state index in [0.29, 0.717) is 0 Å². The van der Waals surface area contributed by atoms with Crippen LogP contribution >= 0.6 is 0 Å². The summed E-state index contributed by atoms with van der Waals surface area (Å²) in [7, 11) is 0. The molecule has 0 spiro atoms. The maximum Gasteiger partial charge on any atom is 0.255 e. The Morgan fingerprint density at radius 1 is 1.50 bits per heavy atom. The molecule has 1 heterocycles. The van der Waals surface area contributed by atoms with Gasteiger partial charge in [0.2, 0.25) is 0 Å². The van der Waals surface area contributed by atoms with Crippen LogP contribution < -0.4 is 5.32 Å². The Balaban J connectivity index is 2.03. The molecule has 1 atom stereocenters. The summed E-state index contributed by atoms with van der Waals surface area (Å²) in [5.41, 5.74) is 0.282. The molecule has 1 aliphatic carbocycles. The molecule has 16 heavy (non-hydrogen) atoms. The number of aromatic hydroxyl groups is 1. The van der Waals surface area contributed by atoms with Gasteiger partial charge in [-0.25, -0.2) is 0 Å². The van der Waals surface area contributed by atoms with E-state index in [4.69, 9.17) is 0 Å². The van der Waals surface area contributed by atoms with Gasteiger partial charge < -0.3 is 10.4 Å². The van der Waals surface area contributed by atoms with Gasteiger partial charge in [-0.3, -0.25) is 9.78 Å². The quantitative estimate of drug-likeness (QED) is 0.741. The van der Waals surface area contributed by atoms with Crippen LogP contribution in [0.3, 0.4) is 0 Å². The van der Waals surface area contributed by atoms with E-state index in [-0.39, 0.29) is 23.3 Å². The minimum absolute atomic E-state index is 0.0775. The van der Waals surface area contributed by atoms with Crippen LogP contribution in [0.5, 0.6) is 5.75 Å². The van der Waals surface area contributed by atoms with Gasteiger partial charge in [-0.2, -0.15) is 0 Å². The van der Waals surface area contributed by atoms with Crippen LogP contribution in [0.4, 0.5) is 0 Å². The molecule has 1 aromatic rings. The van der Waals surface area contributed by atoms with Crippen molar-refractivity contribution in [1.29, 1.82) is 0 Å². The second-order valence-electron chi connectivity index (χ2n) is 3.85. The fourth-order valence-electron chi connectivity index (χ4n) is 1.77. The van der Waals surface area contributed by atoms with E-state index in [1.807, 2.05) is 0 Å². The Labute approximate surface area is 94.0 Å². The van der Waals surface area contributed by atoms with Gasteiger partial charge in [0, 0.05) is 12.2 Å². The number of carbonyl (C=O) groups excluding carboxylic acids is 1. The molecule has 0 bridgehead atoms. The second-order valence-corrected chi connectivity index (χ2v) is 3.85. The van der Waals surface area contributed by atoms with Crippen LogP contribution in [0.15, 0.2) is 30.6 Å². The molecule has 0 aromatic carbocycles. The third-order valence-corrected chi connectivity index (χ3v) is 2.65. The lowest BCUT2D eigenvalue weighted by molar-refractivity contribution is 0.0932. The second kappa shape index (κ2) is 4.79. The van der Waals surface area contributed by atoms with E-state index in [0.717, 1.165) is 19.3 Å². The number of allylic oxidation sites excluding steroid dienone is 1. The van der Waals surface area contributed by atoms with Crippen LogP contribution in [0.1, 0.15) is 29.6 Å². The Morgan fingerprint density at radius 2 is 2.38 bits per heavy atom. The first-order valence-corrected chi connectivity index (χ1v) is 5.36. The third-order valence-electron chi connectivity index (χ3n) is 2.65. The number of nitrogens with zero attached hydrogens (tertiary/aromatic N) is 1. The lowest BCUT2D eigenvalue weighted by Crippen LogP contribution is -2.35. The zero-order chi connectivity index (χ0) is 11.4. The number of carbonyl (C=O) groups is 1. The molecule has 4 nitrogen and oxygen atoms in total.